The lowest BCUT2D eigenvalue weighted by Crippen LogP contribution is -2.39. The molecular weight excluding hydrogens is 463 g/mol. The van der Waals surface area contributed by atoms with E-state index in [4.69, 9.17) is 4.74 Å². The van der Waals surface area contributed by atoms with E-state index in [-0.39, 0.29) is 41.6 Å². The molecule has 1 unspecified atom stereocenters. The molecule has 0 saturated carbocycles. The highest BCUT2D eigenvalue weighted by molar-refractivity contribution is 14.0. The SMILES string of the molecule is CN=C(NCCCc1cccc(F)c1)NC(C)c1ccc(OC)c(F)c1.I. The van der Waals surface area contributed by atoms with Gasteiger partial charge in [-0.25, -0.2) is 8.78 Å². The van der Waals surface area contributed by atoms with E-state index in [9.17, 15) is 8.78 Å². The van der Waals surface area contributed by atoms with Crippen molar-refractivity contribution in [1.29, 1.82) is 0 Å². The van der Waals surface area contributed by atoms with E-state index in [0.717, 1.165) is 24.0 Å². The summed E-state index contributed by atoms with van der Waals surface area (Å²) in [5, 5.41) is 6.45. The minimum atomic E-state index is -0.392. The fraction of sp³-hybridized carbons (Fsp3) is 0.350. The van der Waals surface area contributed by atoms with Crippen LogP contribution in [-0.4, -0.2) is 26.7 Å². The minimum absolute atomic E-state index is 0. The number of methoxy groups -OCH3 is 1. The number of hydrogen-bond donors (Lipinski definition) is 2. The Morgan fingerprint density at radius 3 is 2.59 bits per heavy atom. The Kier molecular flexibility index (Phi) is 10.1. The Labute approximate surface area is 176 Å². The fourth-order valence-electron chi connectivity index (χ4n) is 2.63. The quantitative estimate of drug-likeness (QED) is 0.262. The van der Waals surface area contributed by atoms with E-state index < -0.39 is 5.82 Å². The van der Waals surface area contributed by atoms with E-state index >= 15 is 0 Å². The number of rotatable bonds is 7. The molecule has 0 aliphatic carbocycles. The molecule has 2 N–H and O–H groups in total. The molecule has 0 heterocycles. The lowest BCUT2D eigenvalue weighted by atomic mass is 10.1. The Bertz CT molecular complexity index is 756. The lowest BCUT2D eigenvalue weighted by Gasteiger charge is -2.19. The van der Waals surface area contributed by atoms with Crippen LogP contribution in [-0.2, 0) is 6.42 Å². The number of nitrogens with one attached hydrogen (secondary N) is 2. The lowest BCUT2D eigenvalue weighted by molar-refractivity contribution is 0.386. The maximum atomic E-state index is 13.8. The zero-order valence-electron chi connectivity index (χ0n) is 15.8. The van der Waals surface area contributed by atoms with Crippen molar-refractivity contribution in [3.63, 3.8) is 0 Å². The average Bonchev–Trinajstić information content (AvgIpc) is 2.64. The molecule has 2 aromatic rings. The van der Waals surface area contributed by atoms with Crippen LogP contribution in [0.2, 0.25) is 0 Å². The zero-order valence-corrected chi connectivity index (χ0v) is 18.1. The van der Waals surface area contributed by atoms with Gasteiger partial charge in [0.15, 0.2) is 17.5 Å². The molecule has 0 amide bonds. The van der Waals surface area contributed by atoms with Crippen molar-refractivity contribution in [2.75, 3.05) is 20.7 Å². The molecule has 0 fully saturated rings. The van der Waals surface area contributed by atoms with Gasteiger partial charge in [0.25, 0.3) is 0 Å². The topological polar surface area (TPSA) is 45.7 Å². The first-order chi connectivity index (χ1) is 12.5. The van der Waals surface area contributed by atoms with Crippen molar-refractivity contribution < 1.29 is 13.5 Å². The van der Waals surface area contributed by atoms with Crippen molar-refractivity contribution >= 4 is 29.9 Å². The minimum Gasteiger partial charge on any atom is -0.494 e. The predicted molar refractivity (Wildman–Crippen MR) is 116 cm³/mol. The molecular formula is C20H26F2IN3O. The second kappa shape index (κ2) is 11.7. The van der Waals surface area contributed by atoms with Gasteiger partial charge in [-0.3, -0.25) is 4.99 Å². The standard InChI is InChI=1S/C20H25F2N3O.HI/c1-14(16-9-10-19(26-3)18(22)13-16)25-20(23-2)24-11-5-7-15-6-4-8-17(21)12-15;/h4,6,8-10,12-14H,5,7,11H2,1-3H3,(H2,23,24,25);1H. The van der Waals surface area contributed by atoms with Crippen molar-refractivity contribution in [3.05, 3.63) is 65.2 Å². The summed E-state index contributed by atoms with van der Waals surface area (Å²) in [7, 11) is 3.12. The number of halogens is 3. The van der Waals surface area contributed by atoms with E-state index in [1.807, 2.05) is 19.1 Å². The van der Waals surface area contributed by atoms with Gasteiger partial charge in [0.05, 0.1) is 13.2 Å². The highest BCUT2D eigenvalue weighted by Gasteiger charge is 2.11. The van der Waals surface area contributed by atoms with Gasteiger partial charge < -0.3 is 15.4 Å². The third-order valence-electron chi connectivity index (χ3n) is 4.08. The molecule has 2 rings (SSSR count). The maximum Gasteiger partial charge on any atom is 0.191 e. The van der Waals surface area contributed by atoms with Crippen LogP contribution in [0.3, 0.4) is 0 Å². The third kappa shape index (κ3) is 7.32. The molecule has 27 heavy (non-hydrogen) atoms. The molecule has 0 aliphatic heterocycles. The number of aliphatic imine (C=N–C) groups is 1. The Hall–Kier alpha value is -1.90. The molecule has 148 valence electrons. The van der Waals surface area contributed by atoms with Crippen LogP contribution < -0.4 is 15.4 Å². The van der Waals surface area contributed by atoms with Crippen LogP contribution >= 0.6 is 24.0 Å². The summed E-state index contributed by atoms with van der Waals surface area (Å²) in [4.78, 5) is 4.18. The van der Waals surface area contributed by atoms with Gasteiger partial charge in [-0.15, -0.1) is 24.0 Å². The summed E-state index contributed by atoms with van der Waals surface area (Å²) in [6.07, 6.45) is 1.62. The number of aryl methyl sites for hydroxylation is 1. The zero-order chi connectivity index (χ0) is 18.9. The fourth-order valence-corrected chi connectivity index (χ4v) is 2.63. The first kappa shape index (κ1) is 23.1. The summed E-state index contributed by atoms with van der Waals surface area (Å²) >= 11 is 0. The summed E-state index contributed by atoms with van der Waals surface area (Å²) in [5.74, 6) is 0.249. The Morgan fingerprint density at radius 1 is 1.19 bits per heavy atom. The molecule has 0 aliphatic rings. The van der Waals surface area contributed by atoms with Crippen LogP contribution in [0, 0.1) is 11.6 Å². The smallest absolute Gasteiger partial charge is 0.191 e. The molecule has 7 heteroatoms. The van der Waals surface area contributed by atoms with E-state index in [0.29, 0.717) is 12.5 Å². The molecule has 0 radical (unpaired) electrons. The summed E-state index contributed by atoms with van der Waals surface area (Å²) in [6, 6.07) is 11.4. The van der Waals surface area contributed by atoms with Crippen LogP contribution in [0.5, 0.6) is 5.75 Å². The monoisotopic (exact) mass is 489 g/mol. The largest absolute Gasteiger partial charge is 0.494 e. The molecule has 4 nitrogen and oxygen atoms in total. The predicted octanol–water partition coefficient (Wildman–Crippen LogP) is 4.45. The highest BCUT2D eigenvalue weighted by atomic mass is 127. The highest BCUT2D eigenvalue weighted by Crippen LogP contribution is 2.21. The van der Waals surface area contributed by atoms with Crippen molar-refractivity contribution in [2.45, 2.75) is 25.8 Å². The van der Waals surface area contributed by atoms with Gasteiger partial charge in [0.1, 0.15) is 5.82 Å². The summed E-state index contributed by atoms with van der Waals surface area (Å²) in [6.45, 7) is 2.63. The van der Waals surface area contributed by atoms with Crippen LogP contribution in [0.4, 0.5) is 8.78 Å². The molecule has 0 saturated heterocycles. The first-order valence-electron chi connectivity index (χ1n) is 8.58. The summed E-state index contributed by atoms with van der Waals surface area (Å²) in [5.41, 5.74) is 1.77. The molecule has 0 spiro atoms. The molecule has 1 atom stereocenters. The Morgan fingerprint density at radius 2 is 1.96 bits per heavy atom. The third-order valence-corrected chi connectivity index (χ3v) is 4.08. The number of ether oxygens (including phenoxy) is 1. The van der Waals surface area contributed by atoms with E-state index in [1.165, 1.54) is 19.2 Å². The number of benzene rings is 2. The average molecular weight is 489 g/mol. The van der Waals surface area contributed by atoms with Gasteiger partial charge in [0, 0.05) is 13.6 Å². The first-order valence-corrected chi connectivity index (χ1v) is 8.58. The maximum absolute atomic E-state index is 13.8. The van der Waals surface area contributed by atoms with Crippen LogP contribution in [0.1, 0.15) is 30.5 Å². The van der Waals surface area contributed by atoms with Gasteiger partial charge >= 0.3 is 0 Å². The van der Waals surface area contributed by atoms with Crippen molar-refractivity contribution in [2.24, 2.45) is 4.99 Å². The number of guanidine groups is 1. The van der Waals surface area contributed by atoms with Crippen molar-refractivity contribution in [1.82, 2.24) is 10.6 Å². The molecule has 0 aromatic heterocycles. The van der Waals surface area contributed by atoms with Crippen molar-refractivity contribution in [3.8, 4) is 5.75 Å². The van der Waals surface area contributed by atoms with Gasteiger partial charge in [0.2, 0.25) is 0 Å². The molecule has 0 bridgehead atoms. The van der Waals surface area contributed by atoms with Gasteiger partial charge in [-0.2, -0.15) is 0 Å². The second-order valence-corrected chi connectivity index (χ2v) is 5.99. The number of hydrogen-bond acceptors (Lipinski definition) is 2. The second-order valence-electron chi connectivity index (χ2n) is 5.99. The van der Waals surface area contributed by atoms with Crippen LogP contribution in [0.15, 0.2) is 47.5 Å². The normalized spacial score (nSPS) is 12.1. The van der Waals surface area contributed by atoms with Crippen LogP contribution in [0.25, 0.3) is 0 Å². The van der Waals surface area contributed by atoms with E-state index in [1.54, 1.807) is 25.2 Å². The molecule has 2 aromatic carbocycles. The van der Waals surface area contributed by atoms with Gasteiger partial charge in [-0.1, -0.05) is 18.2 Å². The van der Waals surface area contributed by atoms with Gasteiger partial charge in [-0.05, 0) is 55.2 Å². The number of nitrogens with zero attached hydrogens (tertiary/aromatic N) is 1. The summed E-state index contributed by atoms with van der Waals surface area (Å²) < 4.78 is 31.9. The van der Waals surface area contributed by atoms with E-state index in [2.05, 4.69) is 15.6 Å². The Balaban J connectivity index is 0.00000364.